The molecule has 4 unspecified atom stereocenters. The van der Waals surface area contributed by atoms with Crippen molar-refractivity contribution in [3.05, 3.63) is 0 Å². The Balaban J connectivity index is 2.12. The summed E-state index contributed by atoms with van der Waals surface area (Å²) in [5.74, 6) is -2.97. The van der Waals surface area contributed by atoms with Crippen molar-refractivity contribution in [2.45, 2.75) is 50.9 Å². The molecule has 0 bridgehead atoms. The molecule has 0 radical (unpaired) electrons. The maximum absolute atomic E-state index is 13.1. The van der Waals surface area contributed by atoms with E-state index in [0.717, 1.165) is 0 Å². The zero-order valence-corrected chi connectivity index (χ0v) is 12.1. The molecule has 1 N–H and O–H groups in total. The number of aliphatic hydroxyl groups excluding tert-OH is 1. The second-order valence-electron chi connectivity index (χ2n) is 6.02. The first-order valence-electron chi connectivity index (χ1n) is 7.44. The number of rotatable bonds is 2. The van der Waals surface area contributed by atoms with E-state index in [0.29, 0.717) is 12.8 Å². The van der Waals surface area contributed by atoms with Crippen LogP contribution in [0.4, 0.5) is 13.2 Å². The Morgan fingerprint density at radius 3 is 2.62 bits per heavy atom. The van der Waals surface area contributed by atoms with Gasteiger partial charge in [-0.15, -0.1) is 0 Å². The summed E-state index contributed by atoms with van der Waals surface area (Å²) in [7, 11) is 0. The van der Waals surface area contributed by atoms with E-state index in [2.05, 4.69) is 0 Å². The zero-order valence-electron chi connectivity index (χ0n) is 12.1. The number of halogens is 3. The summed E-state index contributed by atoms with van der Waals surface area (Å²) >= 11 is 0. The van der Waals surface area contributed by atoms with E-state index in [-0.39, 0.29) is 38.6 Å². The molecule has 0 aromatic carbocycles. The number of carbonyl (C=O) groups excluding carboxylic acids is 1. The van der Waals surface area contributed by atoms with Gasteiger partial charge in [0.2, 0.25) is 5.91 Å². The molecule has 0 aromatic heterocycles. The van der Waals surface area contributed by atoms with Gasteiger partial charge in [-0.1, -0.05) is 12.8 Å². The molecule has 2 rings (SSSR count). The topological polar surface area (TPSA) is 49.8 Å². The molecule has 1 aliphatic heterocycles. The molecular formula is C14H22F3NO3. The van der Waals surface area contributed by atoms with E-state index in [9.17, 15) is 18.0 Å². The largest absolute Gasteiger partial charge is 0.394 e. The van der Waals surface area contributed by atoms with Gasteiger partial charge in [0.1, 0.15) is 0 Å². The van der Waals surface area contributed by atoms with Crippen molar-refractivity contribution >= 4 is 5.91 Å². The summed E-state index contributed by atoms with van der Waals surface area (Å²) in [6.45, 7) is 1.94. The molecule has 122 valence electrons. The van der Waals surface area contributed by atoms with Crippen LogP contribution in [0.15, 0.2) is 0 Å². The number of hydrogen-bond donors (Lipinski definition) is 1. The number of nitrogens with zero attached hydrogens (tertiary/aromatic N) is 1. The predicted molar refractivity (Wildman–Crippen MR) is 69.5 cm³/mol. The standard InChI is InChI=1S/C14H22F3NO3/c1-9-8-21-10(7-19)6-18(9)13(20)11-4-2-3-5-12(11)14(15,16)17/h9-12,19H,2-8H2,1H3. The lowest BCUT2D eigenvalue weighted by molar-refractivity contribution is -0.203. The molecule has 7 heteroatoms. The van der Waals surface area contributed by atoms with Crippen LogP contribution in [-0.2, 0) is 9.53 Å². The second kappa shape index (κ2) is 6.52. The second-order valence-corrected chi connectivity index (χ2v) is 6.02. The smallest absolute Gasteiger partial charge is 0.392 e. The van der Waals surface area contributed by atoms with E-state index in [1.165, 1.54) is 4.90 Å². The van der Waals surface area contributed by atoms with Crippen molar-refractivity contribution in [3.63, 3.8) is 0 Å². The van der Waals surface area contributed by atoms with E-state index in [1.54, 1.807) is 6.92 Å². The summed E-state index contributed by atoms with van der Waals surface area (Å²) < 4.78 is 44.7. The lowest BCUT2D eigenvalue weighted by atomic mass is 9.77. The van der Waals surface area contributed by atoms with Crippen molar-refractivity contribution in [2.75, 3.05) is 19.8 Å². The average molecular weight is 309 g/mol. The Morgan fingerprint density at radius 1 is 1.33 bits per heavy atom. The Labute approximate surface area is 122 Å². The fourth-order valence-corrected chi connectivity index (χ4v) is 3.27. The fourth-order valence-electron chi connectivity index (χ4n) is 3.27. The number of morpholine rings is 1. The zero-order chi connectivity index (χ0) is 15.6. The van der Waals surface area contributed by atoms with Gasteiger partial charge in [-0.05, 0) is 19.8 Å². The molecule has 2 aliphatic rings. The van der Waals surface area contributed by atoms with Crippen LogP contribution in [0.25, 0.3) is 0 Å². The third kappa shape index (κ3) is 3.69. The van der Waals surface area contributed by atoms with E-state index in [4.69, 9.17) is 9.84 Å². The van der Waals surface area contributed by atoms with Crippen molar-refractivity contribution in [1.29, 1.82) is 0 Å². The molecule has 1 heterocycles. The number of ether oxygens (including phenoxy) is 1. The number of alkyl halides is 3. The van der Waals surface area contributed by atoms with Crippen molar-refractivity contribution in [2.24, 2.45) is 11.8 Å². The van der Waals surface area contributed by atoms with Crippen LogP contribution in [0.1, 0.15) is 32.6 Å². The molecule has 1 saturated heterocycles. The van der Waals surface area contributed by atoms with Crippen LogP contribution < -0.4 is 0 Å². The lowest BCUT2D eigenvalue weighted by Gasteiger charge is -2.42. The Hall–Kier alpha value is -0.820. The third-order valence-corrected chi connectivity index (χ3v) is 4.50. The van der Waals surface area contributed by atoms with Crippen molar-refractivity contribution < 1.29 is 27.8 Å². The Morgan fingerprint density at radius 2 is 2.00 bits per heavy atom. The highest BCUT2D eigenvalue weighted by molar-refractivity contribution is 5.79. The van der Waals surface area contributed by atoms with Gasteiger partial charge < -0.3 is 14.7 Å². The van der Waals surface area contributed by atoms with Gasteiger partial charge in [0, 0.05) is 12.5 Å². The lowest BCUT2D eigenvalue weighted by Crippen LogP contribution is -2.55. The number of carbonyl (C=O) groups is 1. The molecule has 0 spiro atoms. The number of aliphatic hydroxyl groups is 1. The van der Waals surface area contributed by atoms with E-state index in [1.807, 2.05) is 0 Å². The summed E-state index contributed by atoms with van der Waals surface area (Å²) in [5.41, 5.74) is 0. The highest BCUT2D eigenvalue weighted by atomic mass is 19.4. The maximum Gasteiger partial charge on any atom is 0.392 e. The van der Waals surface area contributed by atoms with Crippen LogP contribution in [0.3, 0.4) is 0 Å². The van der Waals surface area contributed by atoms with Gasteiger partial charge in [0.05, 0.1) is 31.3 Å². The molecule has 1 aliphatic carbocycles. The molecule has 4 nitrogen and oxygen atoms in total. The summed E-state index contributed by atoms with van der Waals surface area (Å²) in [6, 6.07) is -0.254. The van der Waals surface area contributed by atoms with Gasteiger partial charge >= 0.3 is 6.18 Å². The first-order chi connectivity index (χ1) is 9.84. The van der Waals surface area contributed by atoms with Crippen LogP contribution in [-0.4, -0.2) is 54.0 Å². The fraction of sp³-hybridized carbons (Fsp3) is 0.929. The van der Waals surface area contributed by atoms with E-state index < -0.39 is 30.0 Å². The Bertz CT molecular complexity index is 375. The Kier molecular flexibility index (Phi) is 5.14. The minimum Gasteiger partial charge on any atom is -0.394 e. The highest BCUT2D eigenvalue weighted by Crippen LogP contribution is 2.42. The maximum atomic E-state index is 13.1. The summed E-state index contributed by atoms with van der Waals surface area (Å²) in [5, 5.41) is 9.13. The first-order valence-corrected chi connectivity index (χ1v) is 7.44. The minimum absolute atomic E-state index is 0.0298. The molecule has 4 atom stereocenters. The normalized spacial score (nSPS) is 34.8. The molecule has 0 aromatic rings. The van der Waals surface area contributed by atoms with Gasteiger partial charge in [-0.3, -0.25) is 4.79 Å². The first kappa shape index (κ1) is 16.5. The summed E-state index contributed by atoms with van der Waals surface area (Å²) in [4.78, 5) is 14.0. The third-order valence-electron chi connectivity index (χ3n) is 4.50. The molecule has 1 saturated carbocycles. The number of hydrogen-bond acceptors (Lipinski definition) is 3. The average Bonchev–Trinajstić information content (AvgIpc) is 2.46. The van der Waals surface area contributed by atoms with Gasteiger partial charge in [-0.25, -0.2) is 0 Å². The van der Waals surface area contributed by atoms with Gasteiger partial charge in [0.15, 0.2) is 0 Å². The van der Waals surface area contributed by atoms with Gasteiger partial charge in [0.25, 0.3) is 0 Å². The molecule has 2 fully saturated rings. The van der Waals surface area contributed by atoms with Gasteiger partial charge in [-0.2, -0.15) is 13.2 Å². The minimum atomic E-state index is -4.33. The monoisotopic (exact) mass is 309 g/mol. The molecule has 1 amide bonds. The van der Waals surface area contributed by atoms with Crippen LogP contribution in [0, 0.1) is 11.8 Å². The SMILES string of the molecule is CC1COC(CO)CN1C(=O)C1CCCCC1C(F)(F)F. The summed E-state index contributed by atoms with van der Waals surface area (Å²) in [6.07, 6.45) is -3.33. The van der Waals surface area contributed by atoms with Crippen molar-refractivity contribution in [3.8, 4) is 0 Å². The van der Waals surface area contributed by atoms with Crippen LogP contribution in [0.2, 0.25) is 0 Å². The van der Waals surface area contributed by atoms with E-state index >= 15 is 0 Å². The molecule has 21 heavy (non-hydrogen) atoms. The highest BCUT2D eigenvalue weighted by Gasteiger charge is 2.49. The quantitative estimate of drug-likeness (QED) is 0.848. The number of amides is 1. The predicted octanol–water partition coefficient (Wildman–Crippen LogP) is 1.96. The van der Waals surface area contributed by atoms with Crippen molar-refractivity contribution in [1.82, 2.24) is 4.90 Å². The van der Waals surface area contributed by atoms with Crippen LogP contribution >= 0.6 is 0 Å². The van der Waals surface area contributed by atoms with Crippen LogP contribution in [0.5, 0.6) is 0 Å². The molecular weight excluding hydrogens is 287 g/mol.